The molecule has 0 aliphatic rings. The lowest BCUT2D eigenvalue weighted by molar-refractivity contribution is 0.452. The maximum atomic E-state index is 12.0. The smallest absolute Gasteiger partial charge is 0.253 e. The molecule has 0 saturated heterocycles. The number of nitrogens with two attached hydrogens (primary N) is 1. The second-order valence-corrected chi connectivity index (χ2v) is 7.81. The van der Waals surface area contributed by atoms with Crippen molar-refractivity contribution in [1.82, 2.24) is 0 Å². The molecule has 148 valence electrons. The molecule has 1 aromatic heterocycles. The average Bonchev–Trinajstić information content (AvgIpc) is 3.07. The van der Waals surface area contributed by atoms with Crippen LogP contribution < -0.4 is 26.6 Å². The Morgan fingerprint density at radius 3 is 2.39 bits per heavy atom. The predicted octanol–water partition coefficient (Wildman–Crippen LogP) is 1.84. The summed E-state index contributed by atoms with van der Waals surface area (Å²) in [4.78, 5) is 23.6. The van der Waals surface area contributed by atoms with Gasteiger partial charge in [0.2, 0.25) is 10.0 Å². The highest BCUT2D eigenvalue weighted by Gasteiger charge is 2.26. The van der Waals surface area contributed by atoms with Gasteiger partial charge in [0.15, 0.2) is 5.75 Å². The van der Waals surface area contributed by atoms with E-state index in [1.807, 2.05) is 6.92 Å². The van der Waals surface area contributed by atoms with Crippen LogP contribution in [0.15, 0.2) is 49.2 Å². The lowest BCUT2D eigenvalue weighted by Crippen LogP contribution is -2.37. The quantitative estimate of drug-likeness (QED) is 0.343. The molecule has 0 bridgehead atoms. The summed E-state index contributed by atoms with van der Waals surface area (Å²) in [6, 6.07) is 7.05. The van der Waals surface area contributed by atoms with Gasteiger partial charge in [-0.15, -0.1) is 0 Å². The van der Waals surface area contributed by atoms with E-state index in [1.165, 1.54) is 12.1 Å². The monoisotopic (exact) mass is 405 g/mol. The van der Waals surface area contributed by atoms with Gasteiger partial charge >= 0.3 is 0 Å². The van der Waals surface area contributed by atoms with Gasteiger partial charge in [-0.3, -0.25) is 9.59 Å². The minimum atomic E-state index is -4.16. The number of rotatable bonds is 7. The van der Waals surface area contributed by atoms with Crippen LogP contribution in [0.1, 0.15) is 30.9 Å². The Hall–Kier alpha value is -3.11. The Morgan fingerprint density at radius 2 is 1.82 bits per heavy atom. The molecule has 3 aromatic rings. The molecular weight excluding hydrogens is 386 g/mol. The molecule has 9 nitrogen and oxygen atoms in total. The van der Waals surface area contributed by atoms with Crippen LogP contribution in [0.5, 0.6) is 5.75 Å². The third-order valence-corrected chi connectivity index (χ3v) is 5.25. The van der Waals surface area contributed by atoms with Gasteiger partial charge in [0.25, 0.3) is 10.9 Å². The third-order valence-electron chi connectivity index (χ3n) is 4.31. The van der Waals surface area contributed by atoms with Crippen molar-refractivity contribution >= 4 is 27.1 Å². The minimum absolute atomic E-state index is 0.0336. The summed E-state index contributed by atoms with van der Waals surface area (Å²) in [7, 11) is -4.16. The summed E-state index contributed by atoms with van der Waals surface area (Å²) >= 11 is 0. The first-order valence-electron chi connectivity index (χ1n) is 8.41. The van der Waals surface area contributed by atoms with Gasteiger partial charge in [-0.25, -0.2) is 13.6 Å². The van der Waals surface area contributed by atoms with Crippen molar-refractivity contribution in [3.05, 3.63) is 62.3 Å². The SMILES string of the molecule is CC[C@@H](Nc1c(Nc2cccc(S(N)(=O)=O)c2O)c(=O)c1=O)c1ccc(C)o1. The van der Waals surface area contributed by atoms with E-state index >= 15 is 0 Å². The lowest BCUT2D eigenvalue weighted by atomic mass is 10.1. The average molecular weight is 405 g/mol. The predicted molar refractivity (Wildman–Crippen MR) is 104 cm³/mol. The number of anilines is 3. The standard InChI is InChI=1S/C18H19N3O6S/c1-3-10(12-8-7-9(2)27-12)20-14-15(18(24)17(14)23)21-11-5-4-6-13(16(11)22)28(19,25)26/h4-8,10,20-22H,3H2,1-2H3,(H2,19,25,26)/t10-/m1/s1. The maximum absolute atomic E-state index is 12.0. The zero-order valence-corrected chi connectivity index (χ0v) is 16.0. The third kappa shape index (κ3) is 3.51. The highest BCUT2D eigenvalue weighted by atomic mass is 32.2. The number of aromatic hydroxyl groups is 1. The van der Waals surface area contributed by atoms with Crippen molar-refractivity contribution in [3.8, 4) is 5.75 Å². The number of nitrogens with one attached hydrogen (secondary N) is 2. The van der Waals surface area contributed by atoms with E-state index in [1.54, 1.807) is 19.1 Å². The van der Waals surface area contributed by atoms with Crippen LogP contribution in [0.4, 0.5) is 17.1 Å². The fourth-order valence-corrected chi connectivity index (χ4v) is 3.47. The summed E-state index contributed by atoms with van der Waals surface area (Å²) in [6.45, 7) is 3.68. The van der Waals surface area contributed by atoms with E-state index in [4.69, 9.17) is 9.56 Å². The van der Waals surface area contributed by atoms with Gasteiger partial charge in [-0.1, -0.05) is 13.0 Å². The number of aryl methyl sites for hydroxylation is 1. The summed E-state index contributed by atoms with van der Waals surface area (Å²) in [6.07, 6.45) is 0.581. The van der Waals surface area contributed by atoms with Gasteiger partial charge in [0, 0.05) is 0 Å². The largest absolute Gasteiger partial charge is 0.504 e. The highest BCUT2D eigenvalue weighted by molar-refractivity contribution is 7.89. The first kappa shape index (κ1) is 19.6. The fourth-order valence-electron chi connectivity index (χ4n) is 2.83. The highest BCUT2D eigenvalue weighted by Crippen LogP contribution is 2.34. The molecular formula is C18H19N3O6S. The minimum Gasteiger partial charge on any atom is -0.504 e. The van der Waals surface area contributed by atoms with Crippen LogP contribution in [-0.2, 0) is 10.0 Å². The number of para-hydroxylation sites is 1. The number of primary sulfonamides is 1. The van der Waals surface area contributed by atoms with Crippen LogP contribution in [-0.4, -0.2) is 13.5 Å². The van der Waals surface area contributed by atoms with E-state index < -0.39 is 31.5 Å². The number of furan rings is 1. The Bertz CT molecular complexity index is 1200. The van der Waals surface area contributed by atoms with E-state index in [9.17, 15) is 23.1 Å². The van der Waals surface area contributed by atoms with E-state index in [2.05, 4.69) is 10.6 Å². The molecule has 0 unspecified atom stereocenters. The Balaban J connectivity index is 1.93. The Morgan fingerprint density at radius 1 is 1.14 bits per heavy atom. The van der Waals surface area contributed by atoms with Crippen LogP contribution in [0.2, 0.25) is 0 Å². The molecule has 1 heterocycles. The molecule has 0 radical (unpaired) electrons. The summed E-state index contributed by atoms with van der Waals surface area (Å²) in [5.41, 5.74) is -1.61. The summed E-state index contributed by atoms with van der Waals surface area (Å²) < 4.78 is 28.6. The molecule has 28 heavy (non-hydrogen) atoms. The van der Waals surface area contributed by atoms with E-state index in [-0.39, 0.29) is 23.1 Å². The van der Waals surface area contributed by atoms with Gasteiger partial charge in [0.05, 0.1) is 11.7 Å². The molecule has 0 saturated carbocycles. The lowest BCUT2D eigenvalue weighted by Gasteiger charge is -2.20. The molecule has 0 aliphatic heterocycles. The van der Waals surface area contributed by atoms with Crippen molar-refractivity contribution in [2.75, 3.05) is 10.6 Å². The van der Waals surface area contributed by atoms with Crippen molar-refractivity contribution in [1.29, 1.82) is 0 Å². The fraction of sp³-hybridized carbons (Fsp3) is 0.222. The normalized spacial score (nSPS) is 12.8. The van der Waals surface area contributed by atoms with Crippen LogP contribution in [0, 0.1) is 6.92 Å². The second-order valence-electron chi connectivity index (χ2n) is 6.28. The van der Waals surface area contributed by atoms with Gasteiger partial charge in [0.1, 0.15) is 27.8 Å². The molecule has 10 heteroatoms. The van der Waals surface area contributed by atoms with Crippen LogP contribution in [0.25, 0.3) is 0 Å². The molecule has 0 fully saturated rings. The molecule has 0 aliphatic carbocycles. The Labute approximate surface area is 160 Å². The maximum Gasteiger partial charge on any atom is 0.253 e. The van der Waals surface area contributed by atoms with Crippen molar-refractivity contribution < 1.29 is 17.9 Å². The summed E-state index contributed by atoms with van der Waals surface area (Å²) in [5, 5.41) is 20.8. The van der Waals surface area contributed by atoms with Crippen LogP contribution in [0.3, 0.4) is 0 Å². The first-order valence-corrected chi connectivity index (χ1v) is 9.96. The molecule has 0 amide bonds. The summed E-state index contributed by atoms with van der Waals surface area (Å²) in [5.74, 6) is 0.680. The molecule has 0 spiro atoms. The second kappa shape index (κ2) is 7.13. The number of hydrogen-bond donors (Lipinski definition) is 4. The number of phenols is 1. The molecule has 2 aromatic carbocycles. The first-order chi connectivity index (χ1) is 13.1. The van der Waals surface area contributed by atoms with Crippen LogP contribution >= 0.6 is 0 Å². The van der Waals surface area contributed by atoms with Gasteiger partial charge in [-0.05, 0) is 37.6 Å². The van der Waals surface area contributed by atoms with E-state index in [0.717, 1.165) is 6.07 Å². The topological polar surface area (TPSA) is 152 Å². The number of hydrogen-bond acceptors (Lipinski definition) is 8. The molecule has 3 rings (SSSR count). The van der Waals surface area contributed by atoms with E-state index in [0.29, 0.717) is 17.9 Å². The Kier molecular flexibility index (Phi) is 5.01. The van der Waals surface area contributed by atoms with Crippen molar-refractivity contribution in [3.63, 3.8) is 0 Å². The van der Waals surface area contributed by atoms with Gasteiger partial charge < -0.3 is 20.2 Å². The number of sulfonamides is 1. The zero-order chi connectivity index (χ0) is 20.6. The zero-order valence-electron chi connectivity index (χ0n) is 15.1. The molecule has 5 N–H and O–H groups in total. The van der Waals surface area contributed by atoms with Gasteiger partial charge in [-0.2, -0.15) is 0 Å². The van der Waals surface area contributed by atoms with Crippen molar-refractivity contribution in [2.24, 2.45) is 5.14 Å². The number of phenolic OH excluding ortho intramolecular Hbond substituents is 1. The van der Waals surface area contributed by atoms with Crippen molar-refractivity contribution in [2.45, 2.75) is 31.2 Å². The number of benzene rings is 1. The molecule has 1 atom stereocenters.